The Kier molecular flexibility index (Phi) is 7.39. The summed E-state index contributed by atoms with van der Waals surface area (Å²) in [5.74, 6) is 7.48. The lowest BCUT2D eigenvalue weighted by molar-refractivity contribution is 0.146. The standard InChI is InChI=1S/C11H24N4OS/c1-3-16-7-4-5-13-11(14-12)15-6-8-17-10(2)9-15/h10H,3-9,12H2,1-2H3,(H,13,14). The SMILES string of the molecule is CCOCCCN=C(NN)N1CCSC(C)C1. The third-order valence-corrected chi connectivity index (χ3v) is 3.72. The molecule has 0 aromatic heterocycles. The molecule has 1 aliphatic heterocycles. The zero-order valence-electron chi connectivity index (χ0n) is 10.8. The monoisotopic (exact) mass is 260 g/mol. The molecule has 1 aliphatic rings. The Balaban J connectivity index is 2.32. The second-order valence-electron chi connectivity index (χ2n) is 4.03. The smallest absolute Gasteiger partial charge is 0.208 e. The van der Waals surface area contributed by atoms with Gasteiger partial charge in [-0.2, -0.15) is 11.8 Å². The Labute approximate surface area is 108 Å². The van der Waals surface area contributed by atoms with Crippen molar-refractivity contribution < 1.29 is 4.74 Å². The number of nitrogens with zero attached hydrogens (tertiary/aromatic N) is 2. The first-order valence-electron chi connectivity index (χ1n) is 6.23. The van der Waals surface area contributed by atoms with E-state index in [0.717, 1.165) is 51.0 Å². The Bertz CT molecular complexity index is 238. The van der Waals surface area contributed by atoms with Gasteiger partial charge in [-0.05, 0) is 13.3 Å². The van der Waals surface area contributed by atoms with E-state index in [2.05, 4.69) is 22.2 Å². The van der Waals surface area contributed by atoms with Crippen molar-refractivity contribution in [2.24, 2.45) is 10.8 Å². The fourth-order valence-corrected chi connectivity index (χ4v) is 2.76. The summed E-state index contributed by atoms with van der Waals surface area (Å²) in [6, 6.07) is 0. The van der Waals surface area contributed by atoms with Crippen LogP contribution in [0.4, 0.5) is 0 Å². The molecule has 0 saturated carbocycles. The van der Waals surface area contributed by atoms with Crippen LogP contribution >= 0.6 is 11.8 Å². The fraction of sp³-hybridized carbons (Fsp3) is 0.909. The fourth-order valence-electron chi connectivity index (χ4n) is 1.74. The van der Waals surface area contributed by atoms with Crippen LogP contribution in [0.2, 0.25) is 0 Å². The summed E-state index contributed by atoms with van der Waals surface area (Å²) in [7, 11) is 0. The third-order valence-electron chi connectivity index (χ3n) is 2.58. The van der Waals surface area contributed by atoms with Gasteiger partial charge in [0.15, 0.2) is 0 Å². The summed E-state index contributed by atoms with van der Waals surface area (Å²) in [5, 5.41) is 0.644. The topological polar surface area (TPSA) is 62.9 Å². The number of hydrogen-bond acceptors (Lipinski definition) is 4. The van der Waals surface area contributed by atoms with Gasteiger partial charge in [0.2, 0.25) is 5.96 Å². The van der Waals surface area contributed by atoms with Crippen LogP contribution in [-0.4, -0.2) is 54.7 Å². The molecule has 100 valence electrons. The molecule has 1 saturated heterocycles. The zero-order chi connectivity index (χ0) is 12.5. The highest BCUT2D eigenvalue weighted by Crippen LogP contribution is 2.17. The van der Waals surface area contributed by atoms with Crippen molar-refractivity contribution in [3.8, 4) is 0 Å². The van der Waals surface area contributed by atoms with E-state index < -0.39 is 0 Å². The largest absolute Gasteiger partial charge is 0.382 e. The predicted molar refractivity (Wildman–Crippen MR) is 74.2 cm³/mol. The maximum atomic E-state index is 5.53. The highest BCUT2D eigenvalue weighted by Gasteiger charge is 2.18. The molecule has 1 heterocycles. The van der Waals surface area contributed by atoms with Crippen molar-refractivity contribution in [3.63, 3.8) is 0 Å². The number of hydrazine groups is 1. The molecule has 0 bridgehead atoms. The van der Waals surface area contributed by atoms with Crippen molar-refractivity contribution in [3.05, 3.63) is 0 Å². The lowest BCUT2D eigenvalue weighted by Gasteiger charge is -2.32. The lowest BCUT2D eigenvalue weighted by Crippen LogP contribution is -2.49. The van der Waals surface area contributed by atoms with E-state index in [-0.39, 0.29) is 0 Å². The van der Waals surface area contributed by atoms with Gasteiger partial charge in [-0.25, -0.2) is 5.84 Å². The van der Waals surface area contributed by atoms with Gasteiger partial charge in [0.1, 0.15) is 0 Å². The quantitative estimate of drug-likeness (QED) is 0.250. The van der Waals surface area contributed by atoms with Crippen LogP contribution in [-0.2, 0) is 4.74 Å². The second-order valence-corrected chi connectivity index (χ2v) is 5.57. The molecule has 0 amide bonds. The van der Waals surface area contributed by atoms with Gasteiger partial charge >= 0.3 is 0 Å². The molecule has 1 fully saturated rings. The normalized spacial score (nSPS) is 21.7. The molecular weight excluding hydrogens is 236 g/mol. The molecule has 1 atom stereocenters. The van der Waals surface area contributed by atoms with E-state index in [1.165, 1.54) is 0 Å². The van der Waals surface area contributed by atoms with E-state index in [1.807, 2.05) is 18.7 Å². The Hall–Kier alpha value is -0.460. The second kappa shape index (κ2) is 8.60. The summed E-state index contributed by atoms with van der Waals surface area (Å²) in [4.78, 5) is 6.71. The van der Waals surface area contributed by atoms with E-state index >= 15 is 0 Å². The van der Waals surface area contributed by atoms with Gasteiger partial charge in [0.25, 0.3) is 0 Å². The molecule has 17 heavy (non-hydrogen) atoms. The van der Waals surface area contributed by atoms with Crippen LogP contribution < -0.4 is 11.3 Å². The average Bonchev–Trinajstić information content (AvgIpc) is 2.34. The van der Waals surface area contributed by atoms with Crippen LogP contribution in [0.5, 0.6) is 0 Å². The molecule has 0 radical (unpaired) electrons. The Morgan fingerprint density at radius 2 is 2.47 bits per heavy atom. The number of guanidine groups is 1. The van der Waals surface area contributed by atoms with Crippen LogP contribution in [0.25, 0.3) is 0 Å². The van der Waals surface area contributed by atoms with Crippen LogP contribution in [0, 0.1) is 0 Å². The van der Waals surface area contributed by atoms with Crippen molar-refractivity contribution in [2.45, 2.75) is 25.5 Å². The first-order chi connectivity index (χ1) is 8.27. The molecule has 5 nitrogen and oxygen atoms in total. The van der Waals surface area contributed by atoms with Crippen molar-refractivity contribution in [1.29, 1.82) is 0 Å². The number of rotatable bonds is 5. The number of thioether (sulfide) groups is 1. The van der Waals surface area contributed by atoms with E-state index in [1.54, 1.807) is 0 Å². The minimum atomic E-state index is 0.644. The maximum absolute atomic E-state index is 5.53. The highest BCUT2D eigenvalue weighted by atomic mass is 32.2. The first kappa shape index (κ1) is 14.6. The van der Waals surface area contributed by atoms with Crippen LogP contribution in [0.3, 0.4) is 0 Å². The van der Waals surface area contributed by atoms with Gasteiger partial charge in [-0.1, -0.05) is 6.92 Å². The molecule has 0 aromatic carbocycles. The van der Waals surface area contributed by atoms with Gasteiger partial charge in [0.05, 0.1) is 0 Å². The Morgan fingerprint density at radius 1 is 1.65 bits per heavy atom. The number of nitrogens with two attached hydrogens (primary N) is 1. The van der Waals surface area contributed by atoms with Crippen molar-refractivity contribution in [1.82, 2.24) is 10.3 Å². The number of ether oxygens (including phenoxy) is 1. The summed E-state index contributed by atoms with van der Waals surface area (Å²) in [5.41, 5.74) is 2.71. The third kappa shape index (κ3) is 5.61. The van der Waals surface area contributed by atoms with Gasteiger partial charge in [-0.15, -0.1) is 0 Å². The minimum Gasteiger partial charge on any atom is -0.382 e. The lowest BCUT2D eigenvalue weighted by atomic mass is 10.4. The van der Waals surface area contributed by atoms with Gasteiger partial charge in [-0.3, -0.25) is 10.4 Å². The molecule has 0 aromatic rings. The van der Waals surface area contributed by atoms with E-state index in [9.17, 15) is 0 Å². The highest BCUT2D eigenvalue weighted by molar-refractivity contribution is 7.99. The molecule has 0 aliphatic carbocycles. The Morgan fingerprint density at radius 3 is 3.12 bits per heavy atom. The summed E-state index contributed by atoms with van der Waals surface area (Å²) in [6.45, 7) is 8.57. The van der Waals surface area contributed by atoms with Crippen LogP contribution in [0.1, 0.15) is 20.3 Å². The molecule has 6 heteroatoms. The molecule has 3 N–H and O–H groups in total. The van der Waals surface area contributed by atoms with Crippen molar-refractivity contribution in [2.75, 3.05) is 38.6 Å². The minimum absolute atomic E-state index is 0.644. The molecule has 1 unspecified atom stereocenters. The van der Waals surface area contributed by atoms with E-state index in [4.69, 9.17) is 10.6 Å². The number of nitrogens with one attached hydrogen (secondary N) is 1. The van der Waals surface area contributed by atoms with Gasteiger partial charge in [0, 0.05) is 43.9 Å². The molecule has 1 rings (SSSR count). The molecule has 0 spiro atoms. The summed E-state index contributed by atoms with van der Waals surface area (Å²) in [6.07, 6.45) is 0.942. The molecular formula is C11H24N4OS. The zero-order valence-corrected chi connectivity index (χ0v) is 11.6. The average molecular weight is 260 g/mol. The summed E-state index contributed by atoms with van der Waals surface area (Å²) >= 11 is 2.00. The van der Waals surface area contributed by atoms with Crippen molar-refractivity contribution >= 4 is 17.7 Å². The summed E-state index contributed by atoms with van der Waals surface area (Å²) < 4.78 is 5.27. The predicted octanol–water partition coefficient (Wildman–Crippen LogP) is 0.670. The number of hydrogen-bond donors (Lipinski definition) is 2. The van der Waals surface area contributed by atoms with Crippen LogP contribution in [0.15, 0.2) is 4.99 Å². The first-order valence-corrected chi connectivity index (χ1v) is 7.28. The number of aliphatic imine (C=N–C) groups is 1. The van der Waals surface area contributed by atoms with Gasteiger partial charge < -0.3 is 9.64 Å². The van der Waals surface area contributed by atoms with E-state index in [0.29, 0.717) is 5.25 Å². The maximum Gasteiger partial charge on any atom is 0.208 e.